The van der Waals surface area contributed by atoms with Crippen LogP contribution in [0.5, 0.6) is 5.75 Å². The van der Waals surface area contributed by atoms with Crippen molar-refractivity contribution in [3.63, 3.8) is 0 Å². The minimum Gasteiger partial charge on any atom is -0.481 e. The van der Waals surface area contributed by atoms with Gasteiger partial charge in [0.25, 0.3) is 11.8 Å². The summed E-state index contributed by atoms with van der Waals surface area (Å²) in [6, 6.07) is 12.3. The molecule has 10 heteroatoms. The molecule has 1 aromatic heterocycles. The molecule has 2 N–H and O–H groups in total. The minimum atomic E-state index is -1.01. The molecule has 0 bridgehead atoms. The first-order valence-electron chi connectivity index (χ1n) is 8.69. The molecule has 3 aromatic rings. The smallest absolute Gasteiger partial charge is 0.294 e. The molecule has 0 aliphatic carbocycles. The lowest BCUT2D eigenvalue weighted by Crippen LogP contribution is -2.45. The summed E-state index contributed by atoms with van der Waals surface area (Å²) < 4.78 is 33.6. The number of hydrogen-bond acceptors (Lipinski definition) is 5. The number of carbonyl (C=O) groups excluding carboxylic acids is 2. The summed E-state index contributed by atoms with van der Waals surface area (Å²) in [5, 5.41) is 3.91. The molecular weight excluding hydrogens is 398 g/mol. The number of nitrogens with one attached hydrogen (secondary N) is 2. The van der Waals surface area contributed by atoms with Gasteiger partial charge in [0.2, 0.25) is 5.43 Å². The van der Waals surface area contributed by atoms with E-state index in [-0.39, 0.29) is 11.4 Å². The first-order chi connectivity index (χ1) is 14.4. The van der Waals surface area contributed by atoms with Gasteiger partial charge in [0, 0.05) is 11.8 Å². The van der Waals surface area contributed by atoms with E-state index in [9.17, 15) is 23.2 Å². The van der Waals surface area contributed by atoms with Crippen molar-refractivity contribution in [3.05, 3.63) is 87.8 Å². The van der Waals surface area contributed by atoms with E-state index in [1.165, 1.54) is 49.4 Å². The van der Waals surface area contributed by atoms with Gasteiger partial charge in [-0.05, 0) is 31.2 Å². The Bertz CT molecular complexity index is 1160. The predicted octanol–water partition coefficient (Wildman–Crippen LogP) is 1.66. The largest absolute Gasteiger partial charge is 0.481 e. The second-order valence-electron chi connectivity index (χ2n) is 6.08. The lowest BCUT2D eigenvalue weighted by Gasteiger charge is -2.12. The highest BCUT2D eigenvalue weighted by atomic mass is 19.1. The predicted molar refractivity (Wildman–Crippen MR) is 102 cm³/mol. The second-order valence-corrected chi connectivity index (χ2v) is 6.08. The van der Waals surface area contributed by atoms with Crippen LogP contribution >= 0.6 is 0 Å². The molecule has 0 aliphatic heterocycles. The van der Waals surface area contributed by atoms with Crippen LogP contribution in [0.2, 0.25) is 0 Å². The third kappa shape index (κ3) is 4.66. The second kappa shape index (κ2) is 8.95. The lowest BCUT2D eigenvalue weighted by atomic mass is 10.2. The molecule has 2 aromatic carbocycles. The van der Waals surface area contributed by atoms with Gasteiger partial charge in [-0.25, -0.2) is 13.5 Å². The van der Waals surface area contributed by atoms with Crippen LogP contribution in [-0.2, 0) is 4.79 Å². The zero-order chi connectivity index (χ0) is 21.7. The molecule has 154 valence electrons. The number of aryl methyl sites for hydroxylation is 1. The number of aromatic nitrogens is 2. The van der Waals surface area contributed by atoms with Crippen molar-refractivity contribution in [2.75, 3.05) is 6.61 Å². The molecular formula is C20H16F2N4O4. The van der Waals surface area contributed by atoms with Crippen molar-refractivity contribution in [2.24, 2.45) is 0 Å². The topological polar surface area (TPSA) is 102 Å². The normalized spacial score (nSPS) is 10.4. The van der Waals surface area contributed by atoms with Crippen molar-refractivity contribution >= 4 is 11.8 Å². The Morgan fingerprint density at radius 1 is 1.03 bits per heavy atom. The number of hydrazine groups is 1. The van der Waals surface area contributed by atoms with Gasteiger partial charge in [-0.3, -0.25) is 25.2 Å². The first kappa shape index (κ1) is 20.6. The van der Waals surface area contributed by atoms with Crippen LogP contribution in [0.1, 0.15) is 16.2 Å². The summed E-state index contributed by atoms with van der Waals surface area (Å²) >= 11 is 0. The van der Waals surface area contributed by atoms with Gasteiger partial charge in [-0.2, -0.15) is 5.10 Å². The molecule has 0 radical (unpaired) electrons. The van der Waals surface area contributed by atoms with Crippen molar-refractivity contribution < 1.29 is 23.1 Å². The summed E-state index contributed by atoms with van der Waals surface area (Å²) in [6.45, 7) is 0.951. The fourth-order valence-electron chi connectivity index (χ4n) is 2.50. The fraction of sp³-hybridized carbons (Fsp3) is 0.100. The highest BCUT2D eigenvalue weighted by Gasteiger charge is 2.17. The molecule has 0 saturated heterocycles. The number of nitrogens with zero attached hydrogens (tertiary/aromatic N) is 2. The Hall–Kier alpha value is -4.08. The molecule has 30 heavy (non-hydrogen) atoms. The molecule has 2 amide bonds. The molecule has 0 unspecified atom stereocenters. The third-order valence-electron chi connectivity index (χ3n) is 3.91. The molecule has 0 spiro atoms. The van der Waals surface area contributed by atoms with Crippen LogP contribution in [0.4, 0.5) is 8.78 Å². The van der Waals surface area contributed by atoms with Crippen LogP contribution in [0.25, 0.3) is 5.69 Å². The maximum atomic E-state index is 14.1. The van der Waals surface area contributed by atoms with Gasteiger partial charge in [0.15, 0.2) is 23.9 Å². The van der Waals surface area contributed by atoms with Crippen molar-refractivity contribution in [3.8, 4) is 11.4 Å². The van der Waals surface area contributed by atoms with E-state index in [1.807, 2.05) is 10.9 Å². The molecule has 0 saturated carbocycles. The van der Waals surface area contributed by atoms with E-state index in [4.69, 9.17) is 4.74 Å². The minimum absolute atomic E-state index is 0.0476. The highest BCUT2D eigenvalue weighted by molar-refractivity contribution is 5.93. The summed E-state index contributed by atoms with van der Waals surface area (Å²) in [4.78, 5) is 36.2. The van der Waals surface area contributed by atoms with Crippen molar-refractivity contribution in [1.82, 2.24) is 20.6 Å². The highest BCUT2D eigenvalue weighted by Crippen LogP contribution is 2.15. The van der Waals surface area contributed by atoms with Gasteiger partial charge in [0.1, 0.15) is 11.5 Å². The molecule has 0 fully saturated rings. The zero-order valence-electron chi connectivity index (χ0n) is 15.7. The fourth-order valence-corrected chi connectivity index (χ4v) is 2.50. The van der Waals surface area contributed by atoms with E-state index >= 15 is 0 Å². The first-order valence-corrected chi connectivity index (χ1v) is 8.69. The van der Waals surface area contributed by atoms with Gasteiger partial charge in [0.05, 0.1) is 0 Å². The Morgan fingerprint density at radius 3 is 2.40 bits per heavy atom. The number of carbonyl (C=O) groups is 2. The van der Waals surface area contributed by atoms with E-state index in [0.717, 1.165) is 10.7 Å². The lowest BCUT2D eigenvalue weighted by molar-refractivity contribution is -0.123. The Balaban J connectivity index is 1.69. The van der Waals surface area contributed by atoms with Gasteiger partial charge < -0.3 is 4.74 Å². The molecule has 0 atom stereocenters. The number of ether oxygens (including phenoxy) is 1. The average Bonchev–Trinajstić information content (AvgIpc) is 2.72. The molecule has 0 aliphatic rings. The SMILES string of the molecule is Cc1cc(=O)c(C(=O)NNC(=O)COc2ccccc2F)nn1-c1ccccc1F. The Morgan fingerprint density at radius 2 is 1.70 bits per heavy atom. The van der Waals surface area contributed by atoms with Crippen LogP contribution < -0.4 is 21.0 Å². The number of amides is 2. The quantitative estimate of drug-likeness (QED) is 0.619. The van der Waals surface area contributed by atoms with Crippen LogP contribution in [0.3, 0.4) is 0 Å². The molecule has 3 rings (SSSR count). The van der Waals surface area contributed by atoms with Gasteiger partial charge in [-0.1, -0.05) is 24.3 Å². The number of para-hydroxylation sites is 2. The standard InChI is InChI=1S/C20H16F2N4O4/c1-12-10-16(27)19(25-26(12)15-8-4-2-6-13(15)21)20(29)24-23-18(28)11-30-17-9-5-3-7-14(17)22/h2-10H,11H2,1H3,(H,23,28)(H,24,29). The number of hydrogen-bond donors (Lipinski definition) is 2. The van der Waals surface area contributed by atoms with E-state index < -0.39 is 41.2 Å². The number of benzene rings is 2. The Labute approximate surface area is 169 Å². The van der Waals surface area contributed by atoms with Crippen LogP contribution in [0.15, 0.2) is 59.4 Å². The van der Waals surface area contributed by atoms with E-state index in [0.29, 0.717) is 5.69 Å². The maximum Gasteiger partial charge on any atom is 0.294 e. The number of halogens is 2. The van der Waals surface area contributed by atoms with Gasteiger partial charge >= 0.3 is 0 Å². The van der Waals surface area contributed by atoms with Crippen LogP contribution in [-0.4, -0.2) is 28.2 Å². The van der Waals surface area contributed by atoms with Gasteiger partial charge in [-0.15, -0.1) is 0 Å². The summed E-state index contributed by atoms with van der Waals surface area (Å²) in [7, 11) is 0. The van der Waals surface area contributed by atoms with Crippen LogP contribution in [0, 0.1) is 18.6 Å². The maximum absolute atomic E-state index is 14.1. The summed E-state index contributed by atoms with van der Waals surface area (Å²) in [6.07, 6.45) is 0. The average molecular weight is 414 g/mol. The third-order valence-corrected chi connectivity index (χ3v) is 3.91. The molecule has 8 nitrogen and oxygen atoms in total. The van der Waals surface area contributed by atoms with E-state index in [1.54, 1.807) is 6.07 Å². The Kier molecular flexibility index (Phi) is 6.16. The molecule has 1 heterocycles. The number of rotatable bonds is 5. The van der Waals surface area contributed by atoms with Crippen molar-refractivity contribution in [1.29, 1.82) is 0 Å². The monoisotopic (exact) mass is 414 g/mol. The summed E-state index contributed by atoms with van der Waals surface area (Å²) in [5.41, 5.74) is 3.14. The van der Waals surface area contributed by atoms with Crippen molar-refractivity contribution in [2.45, 2.75) is 6.92 Å². The van der Waals surface area contributed by atoms with E-state index in [2.05, 4.69) is 5.10 Å². The summed E-state index contributed by atoms with van der Waals surface area (Å²) in [5.74, 6) is -3.18. The zero-order valence-corrected chi connectivity index (χ0v) is 15.7.